The van der Waals surface area contributed by atoms with Gasteiger partial charge in [-0.1, -0.05) is 29.1 Å². The fourth-order valence-electron chi connectivity index (χ4n) is 2.56. The van der Waals surface area contributed by atoms with Crippen LogP contribution in [0, 0.1) is 0 Å². The zero-order chi connectivity index (χ0) is 17.9. The SMILES string of the molecule is COc1ccc(-n2ccnc2SCn2nnc3ccccc3c2=O)cc1. The van der Waals surface area contributed by atoms with E-state index in [1.807, 2.05) is 47.2 Å². The van der Waals surface area contributed by atoms with Crippen LogP contribution in [0.4, 0.5) is 0 Å². The van der Waals surface area contributed by atoms with E-state index in [1.54, 1.807) is 25.4 Å². The molecule has 26 heavy (non-hydrogen) atoms. The lowest BCUT2D eigenvalue weighted by molar-refractivity contribution is 0.414. The fourth-order valence-corrected chi connectivity index (χ4v) is 3.41. The summed E-state index contributed by atoms with van der Waals surface area (Å²) in [6.07, 6.45) is 3.60. The summed E-state index contributed by atoms with van der Waals surface area (Å²) in [5, 5.41) is 9.43. The van der Waals surface area contributed by atoms with Gasteiger partial charge >= 0.3 is 0 Å². The Morgan fingerprint density at radius 1 is 1.12 bits per heavy atom. The number of fused-ring (bicyclic) bond motifs is 1. The van der Waals surface area contributed by atoms with E-state index in [-0.39, 0.29) is 5.56 Å². The largest absolute Gasteiger partial charge is 0.497 e. The number of benzene rings is 2. The minimum atomic E-state index is -0.161. The summed E-state index contributed by atoms with van der Waals surface area (Å²) in [6.45, 7) is 0. The van der Waals surface area contributed by atoms with Crippen molar-refractivity contribution >= 4 is 22.7 Å². The van der Waals surface area contributed by atoms with Crippen molar-refractivity contribution in [2.24, 2.45) is 0 Å². The van der Waals surface area contributed by atoms with Crippen molar-refractivity contribution in [1.29, 1.82) is 0 Å². The molecule has 0 saturated heterocycles. The molecule has 8 heteroatoms. The molecular formula is C18H15N5O2S. The van der Waals surface area contributed by atoms with Crippen LogP contribution in [0.25, 0.3) is 16.6 Å². The summed E-state index contributed by atoms with van der Waals surface area (Å²) in [5.41, 5.74) is 1.40. The van der Waals surface area contributed by atoms with Crippen molar-refractivity contribution in [1.82, 2.24) is 24.5 Å². The normalized spacial score (nSPS) is 11.0. The van der Waals surface area contributed by atoms with Crippen molar-refractivity contribution in [3.05, 3.63) is 71.3 Å². The van der Waals surface area contributed by atoms with Gasteiger partial charge < -0.3 is 4.74 Å². The van der Waals surface area contributed by atoms with Crippen LogP contribution in [0.15, 0.2) is 70.9 Å². The maximum atomic E-state index is 12.5. The van der Waals surface area contributed by atoms with Crippen LogP contribution in [-0.4, -0.2) is 31.7 Å². The van der Waals surface area contributed by atoms with E-state index in [2.05, 4.69) is 15.3 Å². The van der Waals surface area contributed by atoms with Gasteiger partial charge in [0.2, 0.25) is 0 Å². The van der Waals surface area contributed by atoms with Gasteiger partial charge in [-0.2, -0.15) is 4.68 Å². The van der Waals surface area contributed by atoms with Crippen LogP contribution >= 0.6 is 11.8 Å². The molecule has 2 aromatic heterocycles. The molecule has 0 aliphatic heterocycles. The standard InChI is InChI=1S/C18H15N5O2S/c1-25-14-8-6-13(7-9-14)22-11-10-19-18(22)26-12-23-17(24)15-4-2-3-5-16(15)20-21-23/h2-11H,12H2,1H3. The molecular weight excluding hydrogens is 350 g/mol. The first kappa shape index (κ1) is 16.3. The third-order valence-corrected chi connectivity index (χ3v) is 4.84. The van der Waals surface area contributed by atoms with E-state index in [9.17, 15) is 4.79 Å². The topological polar surface area (TPSA) is 74.8 Å². The molecule has 0 radical (unpaired) electrons. The lowest BCUT2D eigenvalue weighted by Gasteiger charge is -2.09. The molecule has 0 spiro atoms. The van der Waals surface area contributed by atoms with Crippen molar-refractivity contribution in [3.8, 4) is 11.4 Å². The second-order valence-electron chi connectivity index (χ2n) is 5.46. The molecule has 0 N–H and O–H groups in total. The van der Waals surface area contributed by atoms with Crippen molar-refractivity contribution < 1.29 is 4.74 Å². The van der Waals surface area contributed by atoms with Gasteiger partial charge in [0.1, 0.15) is 11.3 Å². The van der Waals surface area contributed by atoms with Gasteiger partial charge in [-0.15, -0.1) is 5.10 Å². The number of ether oxygens (including phenoxy) is 1. The summed E-state index contributed by atoms with van der Waals surface area (Å²) in [4.78, 5) is 16.9. The van der Waals surface area contributed by atoms with Gasteiger partial charge in [-0.25, -0.2) is 4.98 Å². The first-order valence-electron chi connectivity index (χ1n) is 7.89. The minimum absolute atomic E-state index is 0.161. The minimum Gasteiger partial charge on any atom is -0.497 e. The number of hydrogen-bond donors (Lipinski definition) is 0. The van der Waals surface area contributed by atoms with Gasteiger partial charge in [-0.05, 0) is 36.4 Å². The van der Waals surface area contributed by atoms with Gasteiger partial charge in [0.05, 0.1) is 18.4 Å². The Balaban J connectivity index is 1.58. The van der Waals surface area contributed by atoms with E-state index in [0.29, 0.717) is 16.8 Å². The highest BCUT2D eigenvalue weighted by Crippen LogP contribution is 2.23. The van der Waals surface area contributed by atoms with Crippen LogP contribution < -0.4 is 10.3 Å². The predicted octanol–water partition coefficient (Wildman–Crippen LogP) is 2.74. The fraction of sp³-hybridized carbons (Fsp3) is 0.111. The third kappa shape index (κ3) is 3.06. The van der Waals surface area contributed by atoms with E-state index < -0.39 is 0 Å². The quantitative estimate of drug-likeness (QED) is 0.506. The predicted molar refractivity (Wildman–Crippen MR) is 99.8 cm³/mol. The average molecular weight is 365 g/mol. The first-order chi connectivity index (χ1) is 12.8. The van der Waals surface area contributed by atoms with Crippen LogP contribution in [0.3, 0.4) is 0 Å². The molecule has 0 aliphatic rings. The number of rotatable bonds is 5. The van der Waals surface area contributed by atoms with E-state index in [4.69, 9.17) is 4.74 Å². The summed E-state index contributed by atoms with van der Waals surface area (Å²) in [5.74, 6) is 1.12. The van der Waals surface area contributed by atoms with Gasteiger partial charge in [0, 0.05) is 18.1 Å². The summed E-state index contributed by atoms with van der Waals surface area (Å²) >= 11 is 1.42. The molecule has 2 heterocycles. The molecule has 0 saturated carbocycles. The highest BCUT2D eigenvalue weighted by Gasteiger charge is 2.09. The third-order valence-electron chi connectivity index (χ3n) is 3.90. The molecule has 2 aromatic carbocycles. The Hall–Kier alpha value is -3.13. The lowest BCUT2D eigenvalue weighted by Crippen LogP contribution is -2.23. The Labute approximate surface area is 153 Å². The number of aromatic nitrogens is 5. The number of nitrogens with zero attached hydrogens (tertiary/aromatic N) is 5. The maximum Gasteiger partial charge on any atom is 0.278 e. The molecule has 0 bridgehead atoms. The van der Waals surface area contributed by atoms with Crippen LogP contribution in [0.5, 0.6) is 5.75 Å². The number of imidazole rings is 1. The molecule has 4 rings (SSSR count). The van der Waals surface area contributed by atoms with E-state index >= 15 is 0 Å². The second-order valence-corrected chi connectivity index (χ2v) is 6.37. The molecule has 0 unspecified atom stereocenters. The smallest absolute Gasteiger partial charge is 0.278 e. The monoisotopic (exact) mass is 365 g/mol. The molecule has 4 aromatic rings. The Kier molecular flexibility index (Phi) is 4.40. The number of thioether (sulfide) groups is 1. The molecule has 0 aliphatic carbocycles. The van der Waals surface area contributed by atoms with Crippen molar-refractivity contribution in [2.75, 3.05) is 7.11 Å². The van der Waals surface area contributed by atoms with E-state index in [1.165, 1.54) is 16.4 Å². The highest BCUT2D eigenvalue weighted by molar-refractivity contribution is 7.98. The Morgan fingerprint density at radius 2 is 1.92 bits per heavy atom. The van der Waals surface area contributed by atoms with E-state index in [0.717, 1.165) is 16.6 Å². The van der Waals surface area contributed by atoms with Gasteiger partial charge in [0.25, 0.3) is 5.56 Å². The Morgan fingerprint density at radius 3 is 2.73 bits per heavy atom. The zero-order valence-corrected chi connectivity index (χ0v) is 14.8. The van der Waals surface area contributed by atoms with Crippen LogP contribution in [0.2, 0.25) is 0 Å². The van der Waals surface area contributed by atoms with Gasteiger partial charge in [-0.3, -0.25) is 9.36 Å². The highest BCUT2D eigenvalue weighted by atomic mass is 32.2. The molecule has 7 nitrogen and oxygen atoms in total. The van der Waals surface area contributed by atoms with Crippen LogP contribution in [-0.2, 0) is 5.88 Å². The summed E-state index contributed by atoms with van der Waals surface area (Å²) in [6, 6.07) is 14.9. The molecule has 0 atom stereocenters. The van der Waals surface area contributed by atoms with Crippen molar-refractivity contribution in [3.63, 3.8) is 0 Å². The van der Waals surface area contributed by atoms with Crippen molar-refractivity contribution in [2.45, 2.75) is 11.0 Å². The molecule has 0 fully saturated rings. The second kappa shape index (κ2) is 7.01. The molecule has 130 valence electrons. The average Bonchev–Trinajstić information content (AvgIpc) is 3.16. The van der Waals surface area contributed by atoms with Gasteiger partial charge in [0.15, 0.2) is 5.16 Å². The summed E-state index contributed by atoms with van der Waals surface area (Å²) in [7, 11) is 1.63. The maximum absolute atomic E-state index is 12.5. The lowest BCUT2D eigenvalue weighted by atomic mass is 10.2. The number of hydrogen-bond acceptors (Lipinski definition) is 6. The summed E-state index contributed by atoms with van der Waals surface area (Å²) < 4.78 is 8.48. The number of methoxy groups -OCH3 is 1. The van der Waals surface area contributed by atoms with Crippen LogP contribution in [0.1, 0.15) is 0 Å². The first-order valence-corrected chi connectivity index (χ1v) is 8.88. The molecule has 0 amide bonds. The zero-order valence-electron chi connectivity index (χ0n) is 13.9. The Bertz CT molecular complexity index is 1100.